The number of nitrogens with zero attached hydrogens (tertiary/aromatic N) is 2. The normalized spacial score (nSPS) is 11.7. The van der Waals surface area contributed by atoms with Gasteiger partial charge < -0.3 is 9.88 Å². The highest BCUT2D eigenvalue weighted by Crippen LogP contribution is 2.37. The lowest BCUT2D eigenvalue weighted by molar-refractivity contribution is -0.136. The lowest BCUT2D eigenvalue weighted by atomic mass is 10.1. The van der Waals surface area contributed by atoms with Gasteiger partial charge in [-0.2, -0.15) is 13.2 Å². The maximum Gasteiger partial charge on any atom is 0.418 e. The second-order valence-corrected chi connectivity index (χ2v) is 4.57. The quantitative estimate of drug-likeness (QED) is 0.900. The SMILES string of the molecule is Cc1cn(C)c(Nc2ccc(Cl)cc2C(F)(F)F)n1. The van der Waals surface area contributed by atoms with Crippen LogP contribution in [0.3, 0.4) is 0 Å². The van der Waals surface area contributed by atoms with Gasteiger partial charge in [0.25, 0.3) is 0 Å². The molecule has 3 nitrogen and oxygen atoms in total. The zero-order valence-corrected chi connectivity index (χ0v) is 11.0. The van der Waals surface area contributed by atoms with E-state index in [0.717, 1.165) is 6.07 Å². The first-order valence-corrected chi connectivity index (χ1v) is 5.79. The molecule has 2 rings (SSSR count). The molecule has 0 unspecified atom stereocenters. The van der Waals surface area contributed by atoms with Crippen LogP contribution in [0.5, 0.6) is 0 Å². The van der Waals surface area contributed by atoms with Crippen molar-refractivity contribution in [2.75, 3.05) is 5.32 Å². The number of hydrogen-bond acceptors (Lipinski definition) is 2. The van der Waals surface area contributed by atoms with Crippen molar-refractivity contribution >= 4 is 23.2 Å². The minimum atomic E-state index is -4.48. The fourth-order valence-corrected chi connectivity index (χ4v) is 1.88. The molecule has 2 aromatic rings. The maximum absolute atomic E-state index is 12.9. The summed E-state index contributed by atoms with van der Waals surface area (Å²) in [4.78, 5) is 4.10. The molecule has 7 heteroatoms. The van der Waals surface area contributed by atoms with E-state index in [4.69, 9.17) is 11.6 Å². The lowest BCUT2D eigenvalue weighted by Crippen LogP contribution is -2.10. The monoisotopic (exact) mass is 289 g/mol. The van der Waals surface area contributed by atoms with Crippen molar-refractivity contribution in [2.24, 2.45) is 7.05 Å². The van der Waals surface area contributed by atoms with Crippen LogP contribution in [0.1, 0.15) is 11.3 Å². The van der Waals surface area contributed by atoms with Crippen LogP contribution in [0.15, 0.2) is 24.4 Å². The van der Waals surface area contributed by atoms with E-state index >= 15 is 0 Å². The van der Waals surface area contributed by atoms with E-state index in [1.165, 1.54) is 12.1 Å². The van der Waals surface area contributed by atoms with Crippen LogP contribution in [0.2, 0.25) is 5.02 Å². The Balaban J connectivity index is 2.43. The van der Waals surface area contributed by atoms with Crippen LogP contribution in [-0.2, 0) is 13.2 Å². The Bertz CT molecular complexity index is 605. The highest BCUT2D eigenvalue weighted by Gasteiger charge is 2.34. The average molecular weight is 290 g/mol. The maximum atomic E-state index is 12.9. The Morgan fingerprint density at radius 3 is 2.53 bits per heavy atom. The summed E-state index contributed by atoms with van der Waals surface area (Å²) in [5.74, 6) is 0.338. The first-order valence-electron chi connectivity index (χ1n) is 5.41. The summed E-state index contributed by atoms with van der Waals surface area (Å²) < 4.78 is 40.3. The molecular formula is C12H11ClF3N3. The second-order valence-electron chi connectivity index (χ2n) is 4.13. The van der Waals surface area contributed by atoms with Crippen molar-refractivity contribution in [3.8, 4) is 0 Å². The predicted molar refractivity (Wildman–Crippen MR) is 67.7 cm³/mol. The smallest absolute Gasteiger partial charge is 0.325 e. The zero-order valence-electron chi connectivity index (χ0n) is 10.2. The van der Waals surface area contributed by atoms with Gasteiger partial charge in [-0.05, 0) is 25.1 Å². The molecule has 0 saturated carbocycles. The van der Waals surface area contributed by atoms with Gasteiger partial charge in [0, 0.05) is 18.3 Å². The Morgan fingerprint density at radius 1 is 1.32 bits per heavy atom. The van der Waals surface area contributed by atoms with Crippen molar-refractivity contribution in [2.45, 2.75) is 13.1 Å². The summed E-state index contributed by atoms with van der Waals surface area (Å²) in [5.41, 5.74) is -0.182. The minimum Gasteiger partial charge on any atom is -0.325 e. The summed E-state index contributed by atoms with van der Waals surface area (Å²) in [6, 6.07) is 3.57. The zero-order chi connectivity index (χ0) is 14.2. The molecule has 102 valence electrons. The van der Waals surface area contributed by atoms with Gasteiger partial charge in [0.15, 0.2) is 0 Å². The third-order valence-corrected chi connectivity index (χ3v) is 2.77. The molecule has 0 spiro atoms. The number of halogens is 4. The number of imidazole rings is 1. The Morgan fingerprint density at radius 2 is 2.00 bits per heavy atom. The van der Waals surface area contributed by atoms with Gasteiger partial charge in [0.2, 0.25) is 5.95 Å². The summed E-state index contributed by atoms with van der Waals surface area (Å²) >= 11 is 5.61. The third-order valence-electron chi connectivity index (χ3n) is 2.53. The molecule has 0 saturated heterocycles. The van der Waals surface area contributed by atoms with Gasteiger partial charge in [-0.15, -0.1) is 0 Å². The number of nitrogens with one attached hydrogen (secondary N) is 1. The molecule has 1 N–H and O–H groups in total. The van der Waals surface area contributed by atoms with Crippen molar-refractivity contribution in [3.05, 3.63) is 40.7 Å². The summed E-state index contributed by atoms with van der Waals surface area (Å²) in [7, 11) is 1.70. The van der Waals surface area contributed by atoms with E-state index in [-0.39, 0.29) is 10.7 Å². The highest BCUT2D eigenvalue weighted by atomic mass is 35.5. The van der Waals surface area contributed by atoms with Crippen LogP contribution in [0.25, 0.3) is 0 Å². The predicted octanol–water partition coefficient (Wildman–Crippen LogP) is 4.14. The van der Waals surface area contributed by atoms with Crippen molar-refractivity contribution in [1.82, 2.24) is 9.55 Å². The van der Waals surface area contributed by atoms with E-state index in [0.29, 0.717) is 11.6 Å². The molecule has 0 fully saturated rings. The molecule has 0 aliphatic carbocycles. The fourth-order valence-electron chi connectivity index (χ4n) is 1.71. The number of alkyl halides is 3. The largest absolute Gasteiger partial charge is 0.418 e. The molecule has 1 aromatic carbocycles. The number of aromatic nitrogens is 2. The summed E-state index contributed by atoms with van der Waals surface area (Å²) in [6.45, 7) is 1.76. The lowest BCUT2D eigenvalue weighted by Gasteiger charge is -2.14. The van der Waals surface area contributed by atoms with Gasteiger partial charge in [-0.1, -0.05) is 11.6 Å². The van der Waals surface area contributed by atoms with Crippen molar-refractivity contribution in [3.63, 3.8) is 0 Å². The minimum absolute atomic E-state index is 0.0360. The number of benzene rings is 1. The average Bonchev–Trinajstić information content (AvgIpc) is 2.58. The van der Waals surface area contributed by atoms with Gasteiger partial charge in [-0.25, -0.2) is 4.98 Å². The second kappa shape index (κ2) is 4.77. The molecule has 0 aliphatic heterocycles. The summed E-state index contributed by atoms with van der Waals surface area (Å²) in [5, 5.41) is 2.70. The number of aryl methyl sites for hydroxylation is 2. The van der Waals surface area contributed by atoms with E-state index < -0.39 is 11.7 Å². The van der Waals surface area contributed by atoms with E-state index in [9.17, 15) is 13.2 Å². The topological polar surface area (TPSA) is 29.9 Å². The highest BCUT2D eigenvalue weighted by molar-refractivity contribution is 6.30. The number of rotatable bonds is 2. The molecule has 0 bridgehead atoms. The first-order chi connectivity index (χ1) is 8.77. The van der Waals surface area contributed by atoms with E-state index in [1.807, 2.05) is 0 Å². The van der Waals surface area contributed by atoms with E-state index in [2.05, 4.69) is 10.3 Å². The van der Waals surface area contributed by atoms with Crippen LogP contribution in [-0.4, -0.2) is 9.55 Å². The molecular weight excluding hydrogens is 279 g/mol. The van der Waals surface area contributed by atoms with Gasteiger partial charge in [0.1, 0.15) is 0 Å². The molecule has 0 atom stereocenters. The summed E-state index contributed by atoms with van der Waals surface area (Å²) in [6.07, 6.45) is -2.76. The van der Waals surface area contributed by atoms with Crippen LogP contribution in [0, 0.1) is 6.92 Å². The number of anilines is 2. The van der Waals surface area contributed by atoms with Gasteiger partial charge in [0.05, 0.1) is 16.9 Å². The molecule has 0 aliphatic rings. The third kappa shape index (κ3) is 3.01. The van der Waals surface area contributed by atoms with Crippen molar-refractivity contribution in [1.29, 1.82) is 0 Å². The first kappa shape index (κ1) is 13.7. The van der Waals surface area contributed by atoms with Crippen LogP contribution in [0.4, 0.5) is 24.8 Å². The molecule has 19 heavy (non-hydrogen) atoms. The Labute approximate surface area is 113 Å². The Kier molecular flexibility index (Phi) is 3.45. The van der Waals surface area contributed by atoms with Gasteiger partial charge in [-0.3, -0.25) is 0 Å². The molecule has 0 amide bonds. The molecule has 1 heterocycles. The van der Waals surface area contributed by atoms with Gasteiger partial charge >= 0.3 is 6.18 Å². The van der Waals surface area contributed by atoms with Crippen molar-refractivity contribution < 1.29 is 13.2 Å². The Hall–Kier alpha value is -1.69. The standard InChI is InChI=1S/C12H11ClF3N3/c1-7-6-19(2)11(17-7)18-10-4-3-8(13)5-9(10)12(14,15)16/h3-6H,1-2H3,(H,17,18). The number of hydrogen-bond donors (Lipinski definition) is 1. The van der Waals surface area contributed by atoms with Crippen LogP contribution < -0.4 is 5.32 Å². The molecule has 0 radical (unpaired) electrons. The van der Waals surface area contributed by atoms with Crippen LogP contribution >= 0.6 is 11.6 Å². The fraction of sp³-hybridized carbons (Fsp3) is 0.250. The van der Waals surface area contributed by atoms with E-state index in [1.54, 1.807) is 24.7 Å². The molecule has 1 aromatic heterocycles.